The highest BCUT2D eigenvalue weighted by molar-refractivity contribution is 6.32. The van der Waals surface area contributed by atoms with Gasteiger partial charge < -0.3 is 10.5 Å². The summed E-state index contributed by atoms with van der Waals surface area (Å²) in [5.74, 6) is 0.126. The summed E-state index contributed by atoms with van der Waals surface area (Å²) in [6.45, 7) is 5.38. The molecule has 4 heteroatoms. The van der Waals surface area contributed by atoms with Gasteiger partial charge in [0, 0.05) is 5.02 Å². The maximum Gasteiger partial charge on any atom is 0.258 e. The third kappa shape index (κ3) is 2.86. The first kappa shape index (κ1) is 11.9. The van der Waals surface area contributed by atoms with Crippen LogP contribution in [0.1, 0.15) is 18.1 Å². The van der Waals surface area contributed by atoms with Gasteiger partial charge in [0.2, 0.25) is 0 Å². The zero-order valence-corrected chi connectivity index (χ0v) is 9.76. The number of hydrogen-bond acceptors (Lipinski definition) is 2. The van der Waals surface area contributed by atoms with E-state index in [9.17, 15) is 4.79 Å². The fourth-order valence-electron chi connectivity index (χ4n) is 1.24. The van der Waals surface area contributed by atoms with Crippen molar-refractivity contribution in [3.63, 3.8) is 0 Å². The molecule has 1 amide bonds. The van der Waals surface area contributed by atoms with Crippen LogP contribution < -0.4 is 10.5 Å². The smallest absolute Gasteiger partial charge is 0.258 e. The van der Waals surface area contributed by atoms with Crippen molar-refractivity contribution in [2.24, 2.45) is 5.73 Å². The molecule has 0 aliphatic heterocycles. The molecule has 0 fully saturated rings. The van der Waals surface area contributed by atoms with Gasteiger partial charge in [-0.05, 0) is 44.0 Å². The Morgan fingerprint density at radius 1 is 1.40 bits per heavy atom. The number of carbonyl (C=O) groups excluding carboxylic acids is 1. The van der Waals surface area contributed by atoms with E-state index in [1.807, 2.05) is 13.8 Å². The van der Waals surface area contributed by atoms with Gasteiger partial charge in [0.25, 0.3) is 5.91 Å². The maximum absolute atomic E-state index is 10.8. The van der Waals surface area contributed by atoms with E-state index in [0.29, 0.717) is 10.8 Å². The summed E-state index contributed by atoms with van der Waals surface area (Å²) in [5.41, 5.74) is 6.94. The first-order valence-corrected chi connectivity index (χ1v) is 5.02. The average Bonchev–Trinajstić information content (AvgIpc) is 2.13. The van der Waals surface area contributed by atoms with Crippen LogP contribution in [-0.2, 0) is 4.79 Å². The van der Waals surface area contributed by atoms with Crippen LogP contribution in [0.4, 0.5) is 0 Å². The van der Waals surface area contributed by atoms with E-state index >= 15 is 0 Å². The number of benzene rings is 1. The highest BCUT2D eigenvalue weighted by Crippen LogP contribution is 2.26. The minimum atomic E-state index is -0.634. The number of aryl methyl sites for hydroxylation is 2. The van der Waals surface area contributed by atoms with Crippen LogP contribution in [0.3, 0.4) is 0 Å². The zero-order valence-electron chi connectivity index (χ0n) is 9.00. The molecule has 0 bridgehead atoms. The lowest BCUT2D eigenvalue weighted by molar-refractivity contribution is -0.123. The van der Waals surface area contributed by atoms with Crippen molar-refractivity contribution in [1.82, 2.24) is 0 Å². The molecule has 82 valence electrons. The summed E-state index contributed by atoms with van der Waals surface area (Å²) in [5, 5.41) is 0.717. The van der Waals surface area contributed by atoms with E-state index in [1.54, 1.807) is 19.1 Å². The second-order valence-electron chi connectivity index (χ2n) is 3.53. The Bertz CT molecular complexity index is 367. The molecule has 0 unspecified atom stereocenters. The van der Waals surface area contributed by atoms with Crippen LogP contribution in [0, 0.1) is 13.8 Å². The highest BCUT2D eigenvalue weighted by atomic mass is 35.5. The molecule has 0 radical (unpaired) electrons. The van der Waals surface area contributed by atoms with Gasteiger partial charge in [-0.3, -0.25) is 4.79 Å². The van der Waals surface area contributed by atoms with Crippen LogP contribution in [0.2, 0.25) is 5.02 Å². The van der Waals surface area contributed by atoms with E-state index in [0.717, 1.165) is 11.1 Å². The summed E-state index contributed by atoms with van der Waals surface area (Å²) < 4.78 is 5.36. The molecule has 0 aromatic heterocycles. The Morgan fingerprint density at radius 3 is 2.27 bits per heavy atom. The summed E-state index contributed by atoms with van der Waals surface area (Å²) in [6, 6.07) is 3.57. The summed E-state index contributed by atoms with van der Waals surface area (Å²) in [6.07, 6.45) is -0.634. The zero-order chi connectivity index (χ0) is 11.6. The number of ether oxygens (including phenoxy) is 1. The lowest BCUT2D eigenvalue weighted by Crippen LogP contribution is -2.30. The van der Waals surface area contributed by atoms with E-state index in [4.69, 9.17) is 22.1 Å². The molecule has 2 N–H and O–H groups in total. The van der Waals surface area contributed by atoms with Crippen molar-refractivity contribution in [2.45, 2.75) is 26.9 Å². The SMILES string of the molecule is Cc1cc(O[C@H](C)C(N)=O)cc(C)c1Cl. The topological polar surface area (TPSA) is 52.3 Å². The molecule has 0 spiro atoms. The number of halogens is 1. The van der Waals surface area contributed by atoms with Gasteiger partial charge in [0.1, 0.15) is 5.75 Å². The number of amides is 1. The Morgan fingerprint density at radius 2 is 1.87 bits per heavy atom. The average molecular weight is 228 g/mol. The van der Waals surface area contributed by atoms with Crippen molar-refractivity contribution in [3.05, 3.63) is 28.3 Å². The standard InChI is InChI=1S/C11H14ClNO2/c1-6-4-9(5-7(2)10(6)12)15-8(3)11(13)14/h4-5,8H,1-3H3,(H2,13,14)/t8-/m1/s1. The first-order valence-electron chi connectivity index (χ1n) is 4.64. The molecular formula is C11H14ClNO2. The van der Waals surface area contributed by atoms with Crippen molar-refractivity contribution in [2.75, 3.05) is 0 Å². The number of rotatable bonds is 3. The molecule has 0 saturated carbocycles. The largest absolute Gasteiger partial charge is 0.481 e. The third-order valence-electron chi connectivity index (χ3n) is 2.12. The third-order valence-corrected chi connectivity index (χ3v) is 2.72. The fraction of sp³-hybridized carbons (Fsp3) is 0.364. The van der Waals surface area contributed by atoms with Gasteiger partial charge in [-0.2, -0.15) is 0 Å². The fourth-order valence-corrected chi connectivity index (χ4v) is 1.35. The van der Waals surface area contributed by atoms with E-state index in [2.05, 4.69) is 0 Å². The normalized spacial score (nSPS) is 12.3. The molecule has 15 heavy (non-hydrogen) atoms. The molecule has 1 aromatic carbocycles. The van der Waals surface area contributed by atoms with Crippen LogP contribution in [0.5, 0.6) is 5.75 Å². The van der Waals surface area contributed by atoms with Gasteiger partial charge in [-0.15, -0.1) is 0 Å². The number of hydrogen-bond donors (Lipinski definition) is 1. The molecule has 3 nitrogen and oxygen atoms in total. The summed E-state index contributed by atoms with van der Waals surface area (Å²) in [4.78, 5) is 10.8. The Labute approximate surface area is 94.2 Å². The highest BCUT2D eigenvalue weighted by Gasteiger charge is 2.11. The van der Waals surface area contributed by atoms with E-state index in [-0.39, 0.29) is 0 Å². The van der Waals surface area contributed by atoms with E-state index < -0.39 is 12.0 Å². The molecule has 1 aromatic rings. The van der Waals surface area contributed by atoms with Crippen molar-refractivity contribution in [1.29, 1.82) is 0 Å². The van der Waals surface area contributed by atoms with Crippen LogP contribution >= 0.6 is 11.6 Å². The van der Waals surface area contributed by atoms with Gasteiger partial charge in [-0.1, -0.05) is 11.6 Å². The molecule has 0 heterocycles. The van der Waals surface area contributed by atoms with Crippen molar-refractivity contribution >= 4 is 17.5 Å². The van der Waals surface area contributed by atoms with Crippen molar-refractivity contribution in [3.8, 4) is 5.75 Å². The minimum Gasteiger partial charge on any atom is -0.481 e. The molecule has 0 saturated heterocycles. The molecule has 0 aliphatic rings. The lowest BCUT2D eigenvalue weighted by atomic mass is 10.1. The number of nitrogens with two attached hydrogens (primary N) is 1. The second-order valence-corrected chi connectivity index (χ2v) is 3.91. The summed E-state index contributed by atoms with van der Waals surface area (Å²) >= 11 is 6.00. The lowest BCUT2D eigenvalue weighted by Gasteiger charge is -2.13. The predicted molar refractivity (Wildman–Crippen MR) is 60.2 cm³/mol. The molecule has 1 rings (SSSR count). The number of carbonyl (C=O) groups is 1. The predicted octanol–water partition coefficient (Wildman–Crippen LogP) is 2.21. The van der Waals surface area contributed by atoms with Crippen molar-refractivity contribution < 1.29 is 9.53 Å². The Hall–Kier alpha value is -1.22. The molecule has 0 aliphatic carbocycles. The van der Waals surface area contributed by atoms with Crippen LogP contribution in [0.15, 0.2) is 12.1 Å². The quantitative estimate of drug-likeness (QED) is 0.861. The second kappa shape index (κ2) is 4.53. The summed E-state index contributed by atoms with van der Waals surface area (Å²) in [7, 11) is 0. The van der Waals surface area contributed by atoms with E-state index in [1.165, 1.54) is 0 Å². The van der Waals surface area contributed by atoms with Gasteiger partial charge in [-0.25, -0.2) is 0 Å². The van der Waals surface area contributed by atoms with Gasteiger partial charge in [0.15, 0.2) is 6.10 Å². The van der Waals surface area contributed by atoms with Crippen LogP contribution in [0.25, 0.3) is 0 Å². The van der Waals surface area contributed by atoms with Gasteiger partial charge >= 0.3 is 0 Å². The van der Waals surface area contributed by atoms with Gasteiger partial charge in [0.05, 0.1) is 0 Å². The van der Waals surface area contributed by atoms with Crippen LogP contribution in [-0.4, -0.2) is 12.0 Å². The number of primary amides is 1. The molecule has 1 atom stereocenters. The minimum absolute atomic E-state index is 0.486. The Kier molecular flexibility index (Phi) is 3.58. The first-order chi connectivity index (χ1) is 6.91. The maximum atomic E-state index is 10.8. The monoisotopic (exact) mass is 227 g/mol. The molecular weight excluding hydrogens is 214 g/mol. The Balaban J connectivity index is 2.92.